The first kappa shape index (κ1) is 12.5. The maximum atomic E-state index is 2.54. The van der Waals surface area contributed by atoms with Crippen molar-refractivity contribution in [2.45, 2.75) is 66.2 Å². The van der Waals surface area contributed by atoms with E-state index >= 15 is 0 Å². The predicted molar refractivity (Wildman–Crippen MR) is 71.3 cm³/mol. The minimum Gasteiger partial charge on any atom is -0.0651 e. The highest BCUT2D eigenvalue weighted by Crippen LogP contribution is 2.48. The molecule has 0 bridgehead atoms. The first-order valence-electron chi connectivity index (χ1n) is 7.63. The molecule has 0 spiro atoms. The third-order valence-electron chi connectivity index (χ3n) is 5.98. The van der Waals surface area contributed by atoms with Crippen LogP contribution in [-0.4, -0.2) is 0 Å². The highest BCUT2D eigenvalue weighted by Gasteiger charge is 2.38. The second kappa shape index (κ2) is 5.10. The minimum absolute atomic E-state index is 0.972. The molecular weight excluding hydrogens is 192 g/mol. The molecule has 2 aliphatic rings. The van der Waals surface area contributed by atoms with Crippen LogP contribution in [0.5, 0.6) is 0 Å². The molecule has 2 aliphatic carbocycles. The monoisotopic (exact) mass is 222 g/mol. The summed E-state index contributed by atoms with van der Waals surface area (Å²) >= 11 is 0. The molecule has 0 saturated heterocycles. The normalized spacial score (nSPS) is 49.5. The van der Waals surface area contributed by atoms with Gasteiger partial charge in [-0.2, -0.15) is 0 Å². The van der Waals surface area contributed by atoms with Crippen molar-refractivity contribution < 1.29 is 0 Å². The fourth-order valence-corrected chi connectivity index (χ4v) is 4.63. The van der Waals surface area contributed by atoms with E-state index in [2.05, 4.69) is 27.7 Å². The SMILES string of the molecule is CCC1CCC(C2CCC(C)C2)C(C)C1C. The van der Waals surface area contributed by atoms with Gasteiger partial charge in [0.15, 0.2) is 0 Å². The Kier molecular flexibility index (Phi) is 3.97. The summed E-state index contributed by atoms with van der Waals surface area (Å²) in [5.74, 6) is 6.11. The van der Waals surface area contributed by atoms with Crippen molar-refractivity contribution in [1.82, 2.24) is 0 Å². The number of rotatable bonds is 2. The van der Waals surface area contributed by atoms with Crippen molar-refractivity contribution in [3.63, 3.8) is 0 Å². The molecule has 0 aromatic carbocycles. The summed E-state index contributed by atoms with van der Waals surface area (Å²) in [4.78, 5) is 0. The van der Waals surface area contributed by atoms with Crippen LogP contribution in [0.4, 0.5) is 0 Å². The standard InChI is InChI=1S/C16H30/c1-5-14-8-9-16(13(4)12(14)3)15-7-6-11(2)10-15/h11-16H,5-10H2,1-4H3. The molecule has 0 aromatic rings. The topological polar surface area (TPSA) is 0 Å². The molecule has 0 amide bonds. The van der Waals surface area contributed by atoms with E-state index in [1.807, 2.05) is 0 Å². The van der Waals surface area contributed by atoms with Crippen molar-refractivity contribution in [2.24, 2.45) is 35.5 Å². The molecule has 0 aromatic heterocycles. The van der Waals surface area contributed by atoms with Crippen molar-refractivity contribution in [3.8, 4) is 0 Å². The van der Waals surface area contributed by atoms with E-state index < -0.39 is 0 Å². The van der Waals surface area contributed by atoms with Gasteiger partial charge in [0.2, 0.25) is 0 Å². The van der Waals surface area contributed by atoms with Crippen LogP contribution in [0.2, 0.25) is 0 Å². The minimum atomic E-state index is 0.972. The summed E-state index contributed by atoms with van der Waals surface area (Å²) < 4.78 is 0. The van der Waals surface area contributed by atoms with Crippen molar-refractivity contribution in [1.29, 1.82) is 0 Å². The van der Waals surface area contributed by atoms with Crippen LogP contribution < -0.4 is 0 Å². The number of hydrogen-bond acceptors (Lipinski definition) is 0. The Morgan fingerprint density at radius 3 is 2.19 bits per heavy atom. The molecule has 0 N–H and O–H groups in total. The molecule has 2 saturated carbocycles. The molecule has 6 unspecified atom stereocenters. The van der Waals surface area contributed by atoms with Gasteiger partial charge in [0.05, 0.1) is 0 Å². The lowest BCUT2D eigenvalue weighted by molar-refractivity contribution is 0.0727. The second-order valence-corrected chi connectivity index (χ2v) is 6.81. The van der Waals surface area contributed by atoms with Crippen LogP contribution in [0, 0.1) is 35.5 Å². The Balaban J connectivity index is 1.96. The predicted octanol–water partition coefficient (Wildman–Crippen LogP) is 5.13. The van der Waals surface area contributed by atoms with E-state index in [9.17, 15) is 0 Å². The van der Waals surface area contributed by atoms with Gasteiger partial charge in [-0.1, -0.05) is 40.5 Å². The molecule has 94 valence electrons. The Hall–Kier alpha value is 0. The van der Waals surface area contributed by atoms with Gasteiger partial charge in [0, 0.05) is 0 Å². The average Bonchev–Trinajstić information content (AvgIpc) is 2.69. The molecule has 0 aliphatic heterocycles. The Labute approximate surface area is 102 Å². The molecule has 16 heavy (non-hydrogen) atoms. The first-order valence-corrected chi connectivity index (χ1v) is 7.63. The van der Waals surface area contributed by atoms with Crippen LogP contribution in [0.3, 0.4) is 0 Å². The highest BCUT2D eigenvalue weighted by molar-refractivity contribution is 4.88. The lowest BCUT2D eigenvalue weighted by Gasteiger charge is -2.42. The third-order valence-corrected chi connectivity index (χ3v) is 5.98. The zero-order chi connectivity index (χ0) is 11.7. The van der Waals surface area contributed by atoms with Crippen LogP contribution in [-0.2, 0) is 0 Å². The lowest BCUT2D eigenvalue weighted by atomic mass is 9.63. The first-order chi connectivity index (χ1) is 7.63. The van der Waals surface area contributed by atoms with Crippen LogP contribution in [0.15, 0.2) is 0 Å². The maximum Gasteiger partial charge on any atom is -0.0357 e. The van der Waals surface area contributed by atoms with Gasteiger partial charge in [-0.3, -0.25) is 0 Å². The summed E-state index contributed by atoms with van der Waals surface area (Å²) in [5, 5.41) is 0. The molecule has 2 rings (SSSR count). The van der Waals surface area contributed by atoms with E-state index in [-0.39, 0.29) is 0 Å². The summed E-state index contributed by atoms with van der Waals surface area (Å²) in [6.45, 7) is 9.89. The van der Waals surface area contributed by atoms with Gasteiger partial charge in [-0.25, -0.2) is 0 Å². The largest absolute Gasteiger partial charge is 0.0651 e. The fraction of sp³-hybridized carbons (Fsp3) is 1.00. The van der Waals surface area contributed by atoms with E-state index in [1.165, 1.54) is 38.5 Å². The second-order valence-electron chi connectivity index (χ2n) is 6.81. The van der Waals surface area contributed by atoms with Crippen LogP contribution in [0.25, 0.3) is 0 Å². The van der Waals surface area contributed by atoms with E-state index in [4.69, 9.17) is 0 Å². The number of hydrogen-bond donors (Lipinski definition) is 0. The van der Waals surface area contributed by atoms with Gasteiger partial charge in [0.1, 0.15) is 0 Å². The lowest BCUT2D eigenvalue weighted by Crippen LogP contribution is -2.34. The fourth-order valence-electron chi connectivity index (χ4n) is 4.63. The van der Waals surface area contributed by atoms with Crippen LogP contribution in [0.1, 0.15) is 66.2 Å². The zero-order valence-electron chi connectivity index (χ0n) is 11.7. The van der Waals surface area contributed by atoms with Crippen molar-refractivity contribution in [3.05, 3.63) is 0 Å². The average molecular weight is 222 g/mol. The van der Waals surface area contributed by atoms with Crippen LogP contribution >= 0.6 is 0 Å². The molecule has 0 nitrogen and oxygen atoms in total. The molecular formula is C16H30. The van der Waals surface area contributed by atoms with E-state index in [0.717, 1.165) is 35.5 Å². The van der Waals surface area contributed by atoms with Gasteiger partial charge in [-0.05, 0) is 61.2 Å². The van der Waals surface area contributed by atoms with Gasteiger partial charge in [-0.15, -0.1) is 0 Å². The van der Waals surface area contributed by atoms with Gasteiger partial charge in [0.25, 0.3) is 0 Å². The molecule has 2 fully saturated rings. The summed E-state index contributed by atoms with van der Waals surface area (Å²) in [7, 11) is 0. The Morgan fingerprint density at radius 2 is 1.62 bits per heavy atom. The summed E-state index contributed by atoms with van der Waals surface area (Å²) in [6.07, 6.45) is 9.00. The smallest absolute Gasteiger partial charge is 0.0357 e. The zero-order valence-corrected chi connectivity index (χ0v) is 11.7. The highest BCUT2D eigenvalue weighted by atomic mass is 14.4. The summed E-state index contributed by atoms with van der Waals surface area (Å²) in [5.41, 5.74) is 0. The Morgan fingerprint density at radius 1 is 0.875 bits per heavy atom. The molecule has 0 heterocycles. The van der Waals surface area contributed by atoms with Crippen molar-refractivity contribution in [2.75, 3.05) is 0 Å². The summed E-state index contributed by atoms with van der Waals surface area (Å²) in [6, 6.07) is 0. The van der Waals surface area contributed by atoms with Crippen molar-refractivity contribution >= 4 is 0 Å². The van der Waals surface area contributed by atoms with Gasteiger partial charge >= 0.3 is 0 Å². The molecule has 0 heteroatoms. The van der Waals surface area contributed by atoms with E-state index in [1.54, 1.807) is 0 Å². The third kappa shape index (κ3) is 2.31. The molecule has 6 atom stereocenters. The quantitative estimate of drug-likeness (QED) is 0.607. The maximum absolute atomic E-state index is 2.54. The molecule has 0 radical (unpaired) electrons. The Bertz CT molecular complexity index is 220. The van der Waals surface area contributed by atoms with Gasteiger partial charge < -0.3 is 0 Å². The van der Waals surface area contributed by atoms with E-state index in [0.29, 0.717) is 0 Å².